The van der Waals surface area contributed by atoms with Gasteiger partial charge in [0.15, 0.2) is 11.6 Å². The van der Waals surface area contributed by atoms with Crippen molar-refractivity contribution in [3.8, 4) is 0 Å². The maximum absolute atomic E-state index is 13.9. The van der Waals surface area contributed by atoms with Crippen LogP contribution in [0.4, 0.5) is 8.78 Å². The zero-order valence-electron chi connectivity index (χ0n) is 11.0. The smallest absolute Gasteiger partial charge is 0.163 e. The predicted octanol–water partition coefficient (Wildman–Crippen LogP) is 2.86. The first-order valence-corrected chi connectivity index (χ1v) is 6.16. The molecular weight excluding hydrogens is 262 g/mol. The first-order chi connectivity index (χ1) is 9.69. The van der Waals surface area contributed by atoms with Crippen molar-refractivity contribution in [2.45, 2.75) is 12.1 Å². The zero-order valence-corrected chi connectivity index (χ0v) is 11.0. The van der Waals surface area contributed by atoms with Crippen LogP contribution >= 0.6 is 0 Å². The number of nitrogens with two attached hydrogens (primary N) is 1. The summed E-state index contributed by atoms with van der Waals surface area (Å²) in [7, 11) is 1.50. The lowest BCUT2D eigenvalue weighted by Crippen LogP contribution is -2.34. The van der Waals surface area contributed by atoms with Gasteiger partial charge in [-0.15, -0.1) is 0 Å². The second-order valence-electron chi connectivity index (χ2n) is 4.35. The van der Waals surface area contributed by atoms with Gasteiger partial charge in [-0.25, -0.2) is 14.2 Å². The maximum Gasteiger partial charge on any atom is 0.163 e. The van der Waals surface area contributed by atoms with Crippen LogP contribution in [-0.2, 0) is 4.74 Å². The van der Waals surface area contributed by atoms with Gasteiger partial charge in [0.05, 0.1) is 6.04 Å². The first-order valence-electron chi connectivity index (χ1n) is 6.16. The number of nitrogens with one attached hydrogen (secondary N) is 1. The van der Waals surface area contributed by atoms with E-state index in [1.807, 2.05) is 30.3 Å². The third-order valence-corrected chi connectivity index (χ3v) is 3.18. The Morgan fingerprint density at radius 2 is 1.75 bits per heavy atom. The number of ether oxygens (including phenoxy) is 1. The molecule has 0 spiro atoms. The molecule has 0 fully saturated rings. The number of halogens is 2. The molecule has 0 saturated carbocycles. The molecule has 2 aromatic carbocycles. The van der Waals surface area contributed by atoms with Crippen LogP contribution in [0.25, 0.3) is 0 Å². The second-order valence-corrected chi connectivity index (χ2v) is 4.35. The molecule has 106 valence electrons. The highest BCUT2D eigenvalue weighted by atomic mass is 19.2. The van der Waals surface area contributed by atoms with Crippen LogP contribution in [0.5, 0.6) is 0 Å². The highest BCUT2D eigenvalue weighted by Crippen LogP contribution is 2.32. The maximum atomic E-state index is 13.9. The topological polar surface area (TPSA) is 47.3 Å². The summed E-state index contributed by atoms with van der Waals surface area (Å²) in [5.41, 5.74) is 3.45. The molecule has 2 unspecified atom stereocenters. The molecule has 2 rings (SSSR count). The van der Waals surface area contributed by atoms with Gasteiger partial charge < -0.3 is 4.74 Å². The Morgan fingerprint density at radius 1 is 1.05 bits per heavy atom. The molecule has 0 amide bonds. The third kappa shape index (κ3) is 2.85. The monoisotopic (exact) mass is 278 g/mol. The summed E-state index contributed by atoms with van der Waals surface area (Å²) in [6.45, 7) is 0. The molecule has 0 saturated heterocycles. The van der Waals surface area contributed by atoms with Crippen LogP contribution in [0, 0.1) is 11.6 Å². The van der Waals surface area contributed by atoms with Crippen molar-refractivity contribution in [2.75, 3.05) is 7.11 Å². The van der Waals surface area contributed by atoms with Gasteiger partial charge in [-0.3, -0.25) is 5.84 Å². The summed E-state index contributed by atoms with van der Waals surface area (Å²) in [6, 6.07) is 12.5. The Hall–Kier alpha value is -1.82. The normalized spacial score (nSPS) is 14.0. The van der Waals surface area contributed by atoms with E-state index in [4.69, 9.17) is 10.6 Å². The Kier molecular flexibility index (Phi) is 4.79. The lowest BCUT2D eigenvalue weighted by molar-refractivity contribution is 0.0662. The van der Waals surface area contributed by atoms with Gasteiger partial charge in [0, 0.05) is 12.7 Å². The summed E-state index contributed by atoms with van der Waals surface area (Å²) in [5, 5.41) is 0. The van der Waals surface area contributed by atoms with Gasteiger partial charge in [-0.1, -0.05) is 42.5 Å². The molecular formula is C15H16F2N2O. The molecule has 0 bridgehead atoms. The standard InChI is InChI=1S/C15H16F2N2O/c1-20-15(10-6-3-2-4-7-10)14(19-18)11-8-5-9-12(16)13(11)17/h2-9,14-15,19H,18H2,1H3. The molecule has 5 heteroatoms. The number of hydrazine groups is 1. The summed E-state index contributed by atoms with van der Waals surface area (Å²) < 4.78 is 32.7. The van der Waals surface area contributed by atoms with E-state index >= 15 is 0 Å². The number of methoxy groups -OCH3 is 1. The fourth-order valence-corrected chi connectivity index (χ4v) is 2.21. The van der Waals surface area contributed by atoms with Gasteiger partial charge in [0.2, 0.25) is 0 Å². The fourth-order valence-electron chi connectivity index (χ4n) is 2.21. The van der Waals surface area contributed by atoms with Crippen molar-refractivity contribution in [3.05, 3.63) is 71.3 Å². The summed E-state index contributed by atoms with van der Waals surface area (Å²) in [4.78, 5) is 0. The lowest BCUT2D eigenvalue weighted by atomic mass is 9.95. The Bertz CT molecular complexity index is 563. The summed E-state index contributed by atoms with van der Waals surface area (Å²) in [5.74, 6) is 3.68. The molecule has 0 aromatic heterocycles. The van der Waals surface area contributed by atoms with E-state index in [2.05, 4.69) is 5.43 Å². The van der Waals surface area contributed by atoms with E-state index in [9.17, 15) is 8.78 Å². The molecule has 2 atom stereocenters. The molecule has 0 aliphatic heterocycles. The van der Waals surface area contributed by atoms with Gasteiger partial charge in [-0.2, -0.15) is 0 Å². The molecule has 0 aliphatic rings. The van der Waals surface area contributed by atoms with E-state index in [0.717, 1.165) is 11.6 Å². The van der Waals surface area contributed by atoms with E-state index in [1.54, 1.807) is 0 Å². The van der Waals surface area contributed by atoms with Crippen molar-refractivity contribution < 1.29 is 13.5 Å². The Balaban J connectivity index is 2.42. The Labute approximate surface area is 116 Å². The van der Waals surface area contributed by atoms with Gasteiger partial charge >= 0.3 is 0 Å². The minimum atomic E-state index is -0.923. The number of benzene rings is 2. The fraction of sp³-hybridized carbons (Fsp3) is 0.200. The Morgan fingerprint density at radius 3 is 2.35 bits per heavy atom. The molecule has 0 radical (unpaired) electrons. The van der Waals surface area contributed by atoms with Crippen LogP contribution in [0.1, 0.15) is 23.3 Å². The third-order valence-electron chi connectivity index (χ3n) is 3.18. The van der Waals surface area contributed by atoms with Crippen LogP contribution in [0.2, 0.25) is 0 Å². The quantitative estimate of drug-likeness (QED) is 0.653. The predicted molar refractivity (Wildman–Crippen MR) is 72.6 cm³/mol. The van der Waals surface area contributed by atoms with Crippen molar-refractivity contribution in [1.29, 1.82) is 0 Å². The number of hydrogen-bond donors (Lipinski definition) is 2. The van der Waals surface area contributed by atoms with Crippen molar-refractivity contribution in [3.63, 3.8) is 0 Å². The first kappa shape index (κ1) is 14.6. The average Bonchev–Trinajstić information content (AvgIpc) is 2.49. The van der Waals surface area contributed by atoms with E-state index in [0.29, 0.717) is 0 Å². The van der Waals surface area contributed by atoms with Crippen LogP contribution in [-0.4, -0.2) is 7.11 Å². The number of rotatable bonds is 5. The summed E-state index contributed by atoms with van der Waals surface area (Å²) >= 11 is 0. The van der Waals surface area contributed by atoms with Gasteiger partial charge in [0.1, 0.15) is 6.10 Å². The highest BCUT2D eigenvalue weighted by molar-refractivity contribution is 5.28. The van der Waals surface area contributed by atoms with Gasteiger partial charge in [0.25, 0.3) is 0 Å². The highest BCUT2D eigenvalue weighted by Gasteiger charge is 2.27. The largest absolute Gasteiger partial charge is 0.375 e. The van der Waals surface area contributed by atoms with E-state index in [1.165, 1.54) is 19.2 Å². The average molecular weight is 278 g/mol. The minimum Gasteiger partial charge on any atom is -0.375 e. The summed E-state index contributed by atoms with van der Waals surface area (Å²) in [6.07, 6.45) is -0.530. The SMILES string of the molecule is COC(c1ccccc1)C(NN)c1cccc(F)c1F. The minimum absolute atomic E-state index is 0.128. The molecule has 0 heterocycles. The molecule has 3 N–H and O–H groups in total. The molecule has 0 aliphatic carbocycles. The second kappa shape index (κ2) is 6.56. The van der Waals surface area contributed by atoms with Crippen molar-refractivity contribution >= 4 is 0 Å². The van der Waals surface area contributed by atoms with Crippen LogP contribution in [0.3, 0.4) is 0 Å². The zero-order chi connectivity index (χ0) is 14.5. The van der Waals surface area contributed by atoms with E-state index in [-0.39, 0.29) is 5.56 Å². The van der Waals surface area contributed by atoms with Gasteiger partial charge in [-0.05, 0) is 11.6 Å². The lowest BCUT2D eigenvalue weighted by Gasteiger charge is -2.26. The molecule has 20 heavy (non-hydrogen) atoms. The molecule has 2 aromatic rings. The van der Waals surface area contributed by atoms with Crippen molar-refractivity contribution in [2.24, 2.45) is 5.84 Å². The van der Waals surface area contributed by atoms with Crippen LogP contribution in [0.15, 0.2) is 48.5 Å². The number of hydrogen-bond acceptors (Lipinski definition) is 3. The van der Waals surface area contributed by atoms with Crippen molar-refractivity contribution in [1.82, 2.24) is 5.43 Å². The van der Waals surface area contributed by atoms with Crippen LogP contribution < -0.4 is 11.3 Å². The molecule has 3 nitrogen and oxygen atoms in total. The van der Waals surface area contributed by atoms with E-state index < -0.39 is 23.8 Å².